The summed E-state index contributed by atoms with van der Waals surface area (Å²) in [6.45, 7) is 1.93. The highest BCUT2D eigenvalue weighted by atomic mass is 16.6. The molecule has 0 bridgehead atoms. The van der Waals surface area contributed by atoms with E-state index in [2.05, 4.69) is 9.97 Å². The molecule has 0 saturated carbocycles. The Hall–Kier alpha value is -1.92. The van der Waals surface area contributed by atoms with Crippen LogP contribution >= 0.6 is 0 Å². The zero-order valence-electron chi connectivity index (χ0n) is 12.5. The van der Waals surface area contributed by atoms with Gasteiger partial charge in [-0.15, -0.1) is 0 Å². The quantitative estimate of drug-likeness (QED) is 0.914. The van der Waals surface area contributed by atoms with E-state index in [0.717, 1.165) is 30.5 Å². The van der Waals surface area contributed by atoms with Crippen LogP contribution in [0.15, 0.2) is 24.5 Å². The Morgan fingerprint density at radius 3 is 3.23 bits per heavy atom. The van der Waals surface area contributed by atoms with Crippen LogP contribution in [0.2, 0.25) is 0 Å². The number of imidazole rings is 1. The third-order valence-electron chi connectivity index (χ3n) is 4.80. The number of amides is 1. The molecule has 1 amide bonds. The van der Waals surface area contributed by atoms with E-state index in [1.54, 1.807) is 13.4 Å². The van der Waals surface area contributed by atoms with Gasteiger partial charge in [-0.1, -0.05) is 0 Å². The van der Waals surface area contributed by atoms with Crippen LogP contribution in [-0.4, -0.2) is 59.3 Å². The van der Waals surface area contributed by atoms with E-state index in [-0.39, 0.29) is 17.6 Å². The lowest BCUT2D eigenvalue weighted by Gasteiger charge is -2.27. The zero-order chi connectivity index (χ0) is 15.2. The van der Waals surface area contributed by atoms with Crippen molar-refractivity contribution < 1.29 is 14.3 Å². The number of methoxy groups -OCH3 is 1. The minimum absolute atomic E-state index is 0.0194. The number of ether oxygens (including phenoxy) is 2. The number of likely N-dealkylation sites (tertiary alicyclic amines) is 1. The summed E-state index contributed by atoms with van der Waals surface area (Å²) >= 11 is 0. The van der Waals surface area contributed by atoms with Crippen LogP contribution in [0.1, 0.15) is 23.2 Å². The lowest BCUT2D eigenvalue weighted by atomic mass is 9.96. The molecule has 1 aromatic heterocycles. The van der Waals surface area contributed by atoms with Crippen molar-refractivity contribution in [2.75, 3.05) is 26.8 Å². The van der Waals surface area contributed by atoms with Crippen molar-refractivity contribution in [3.8, 4) is 0 Å². The minimum atomic E-state index is -0.317. The molecule has 1 N–H and O–H groups in total. The number of carbonyl (C=O) groups is 1. The van der Waals surface area contributed by atoms with E-state index < -0.39 is 0 Å². The molecule has 2 atom stereocenters. The number of hydrogen-bond donors (Lipinski definition) is 1. The van der Waals surface area contributed by atoms with Crippen molar-refractivity contribution in [2.24, 2.45) is 0 Å². The third-order valence-corrected chi connectivity index (χ3v) is 4.80. The Morgan fingerprint density at radius 2 is 2.45 bits per heavy atom. The number of nitrogens with one attached hydrogen (secondary N) is 1. The van der Waals surface area contributed by atoms with Gasteiger partial charge in [-0.25, -0.2) is 4.98 Å². The number of hydrogen-bond acceptors (Lipinski definition) is 4. The van der Waals surface area contributed by atoms with E-state index in [1.165, 1.54) is 0 Å². The summed E-state index contributed by atoms with van der Waals surface area (Å²) in [7, 11) is 1.69. The second kappa shape index (κ2) is 5.07. The molecule has 0 aliphatic carbocycles. The minimum Gasteiger partial charge on any atom is -0.377 e. The lowest BCUT2D eigenvalue weighted by Crippen LogP contribution is -2.42. The van der Waals surface area contributed by atoms with Crippen LogP contribution in [-0.2, 0) is 9.47 Å². The fraction of sp³-hybridized carbons (Fsp3) is 0.500. The second-order valence-electron chi connectivity index (χ2n) is 6.06. The molecule has 1 aromatic carbocycles. The Morgan fingerprint density at radius 1 is 1.55 bits per heavy atom. The van der Waals surface area contributed by atoms with E-state index in [9.17, 15) is 4.79 Å². The maximum atomic E-state index is 12.8. The van der Waals surface area contributed by atoms with Crippen LogP contribution in [0.25, 0.3) is 11.0 Å². The first-order chi connectivity index (χ1) is 10.7. The molecule has 6 nitrogen and oxygen atoms in total. The normalized spacial score (nSPS) is 28.0. The van der Waals surface area contributed by atoms with Gasteiger partial charge in [0.25, 0.3) is 5.91 Å². The molecule has 6 heteroatoms. The number of nitrogens with zero attached hydrogens (tertiary/aromatic N) is 2. The average Bonchev–Trinajstić information content (AvgIpc) is 3.26. The first kappa shape index (κ1) is 13.7. The molecule has 22 heavy (non-hydrogen) atoms. The number of benzene rings is 1. The summed E-state index contributed by atoms with van der Waals surface area (Å²) in [5.74, 6) is 0.0194. The number of rotatable bonds is 2. The van der Waals surface area contributed by atoms with E-state index >= 15 is 0 Å². The highest BCUT2D eigenvalue weighted by Crippen LogP contribution is 2.37. The maximum absolute atomic E-state index is 12.8. The summed E-state index contributed by atoms with van der Waals surface area (Å²) in [5, 5.41) is 0. The van der Waals surface area contributed by atoms with Gasteiger partial charge in [0.1, 0.15) is 11.7 Å². The maximum Gasteiger partial charge on any atom is 0.254 e. The molecule has 116 valence electrons. The van der Waals surface area contributed by atoms with Crippen LogP contribution in [0.4, 0.5) is 0 Å². The molecule has 2 fully saturated rings. The van der Waals surface area contributed by atoms with E-state index in [0.29, 0.717) is 18.7 Å². The predicted octanol–water partition coefficient (Wildman–Crippen LogP) is 1.58. The van der Waals surface area contributed by atoms with E-state index in [4.69, 9.17) is 9.47 Å². The molecule has 2 saturated heterocycles. The van der Waals surface area contributed by atoms with Crippen LogP contribution in [0, 0.1) is 0 Å². The van der Waals surface area contributed by atoms with Crippen LogP contribution < -0.4 is 0 Å². The fourth-order valence-corrected chi connectivity index (χ4v) is 3.65. The van der Waals surface area contributed by atoms with Gasteiger partial charge in [-0.05, 0) is 31.0 Å². The van der Waals surface area contributed by atoms with Crippen molar-refractivity contribution in [3.63, 3.8) is 0 Å². The Balaban J connectivity index is 1.60. The smallest absolute Gasteiger partial charge is 0.254 e. The van der Waals surface area contributed by atoms with Crippen LogP contribution in [0.3, 0.4) is 0 Å². The first-order valence-corrected chi connectivity index (χ1v) is 7.61. The molecule has 0 radical (unpaired) electrons. The second-order valence-corrected chi connectivity index (χ2v) is 6.06. The van der Waals surface area contributed by atoms with E-state index in [1.807, 2.05) is 23.1 Å². The van der Waals surface area contributed by atoms with Gasteiger partial charge in [0.05, 0.1) is 30.5 Å². The number of H-pyrrole nitrogens is 1. The molecule has 2 aliphatic heterocycles. The van der Waals surface area contributed by atoms with Gasteiger partial charge in [-0.2, -0.15) is 0 Å². The molecule has 4 rings (SSSR count). The topological polar surface area (TPSA) is 67.5 Å². The van der Waals surface area contributed by atoms with Gasteiger partial charge in [0.2, 0.25) is 0 Å². The number of carbonyl (C=O) groups excluding carboxylic acids is 1. The largest absolute Gasteiger partial charge is 0.377 e. The molecule has 0 unspecified atom stereocenters. The molecule has 1 spiro atoms. The predicted molar refractivity (Wildman–Crippen MR) is 80.7 cm³/mol. The van der Waals surface area contributed by atoms with Gasteiger partial charge in [0, 0.05) is 19.3 Å². The summed E-state index contributed by atoms with van der Waals surface area (Å²) in [6.07, 6.45) is 3.57. The Labute approximate surface area is 128 Å². The zero-order valence-corrected chi connectivity index (χ0v) is 12.5. The molecule has 3 heterocycles. The van der Waals surface area contributed by atoms with Crippen molar-refractivity contribution in [1.29, 1.82) is 0 Å². The SMILES string of the molecule is CO[C@H]1CN(C(=O)c2ccc3nc[nH]c3c2)C[C@@]12CCCO2. The molecule has 2 aliphatic rings. The summed E-state index contributed by atoms with van der Waals surface area (Å²) < 4.78 is 11.5. The lowest BCUT2D eigenvalue weighted by molar-refractivity contribution is -0.0754. The van der Waals surface area contributed by atoms with Gasteiger partial charge in [-0.3, -0.25) is 4.79 Å². The highest BCUT2D eigenvalue weighted by molar-refractivity contribution is 5.97. The van der Waals surface area contributed by atoms with Crippen molar-refractivity contribution in [1.82, 2.24) is 14.9 Å². The number of aromatic nitrogens is 2. The average molecular weight is 301 g/mol. The summed E-state index contributed by atoms with van der Waals surface area (Å²) in [5.41, 5.74) is 2.09. The fourth-order valence-electron chi connectivity index (χ4n) is 3.65. The molecular formula is C16H19N3O3. The van der Waals surface area contributed by atoms with Crippen LogP contribution in [0.5, 0.6) is 0 Å². The first-order valence-electron chi connectivity index (χ1n) is 7.61. The number of aromatic amines is 1. The highest BCUT2D eigenvalue weighted by Gasteiger charge is 2.51. The standard InChI is InChI=1S/C16H19N3O3/c1-21-14-8-19(9-16(14)5-2-6-22-16)15(20)11-3-4-12-13(7-11)18-10-17-12/h3-4,7,10,14H,2,5-6,8-9H2,1H3,(H,17,18)/t14-,16-/m0/s1. The monoisotopic (exact) mass is 301 g/mol. The molecular weight excluding hydrogens is 282 g/mol. The summed E-state index contributed by atoms with van der Waals surface area (Å²) in [6, 6.07) is 5.55. The Kier molecular flexibility index (Phi) is 3.16. The van der Waals surface area contributed by atoms with Crippen molar-refractivity contribution in [3.05, 3.63) is 30.1 Å². The van der Waals surface area contributed by atoms with Gasteiger partial charge < -0.3 is 19.4 Å². The van der Waals surface area contributed by atoms with Gasteiger partial charge >= 0.3 is 0 Å². The van der Waals surface area contributed by atoms with Crippen molar-refractivity contribution in [2.45, 2.75) is 24.5 Å². The van der Waals surface area contributed by atoms with Gasteiger partial charge in [0.15, 0.2) is 0 Å². The third kappa shape index (κ3) is 2.02. The summed E-state index contributed by atoms with van der Waals surface area (Å²) in [4.78, 5) is 21.9. The Bertz CT molecular complexity index is 705. The molecule has 2 aromatic rings. The van der Waals surface area contributed by atoms with Crippen molar-refractivity contribution >= 4 is 16.9 Å². The number of fused-ring (bicyclic) bond motifs is 1.